The van der Waals surface area contributed by atoms with E-state index in [9.17, 15) is 0 Å². The Kier molecular flexibility index (Phi) is 4.38. The fourth-order valence-electron chi connectivity index (χ4n) is 2.45. The van der Waals surface area contributed by atoms with Gasteiger partial charge in [0.2, 0.25) is 0 Å². The van der Waals surface area contributed by atoms with E-state index in [0.717, 1.165) is 34.7 Å². The van der Waals surface area contributed by atoms with Crippen molar-refractivity contribution in [2.24, 2.45) is 0 Å². The fraction of sp³-hybridized carbons (Fsp3) is 0.400. The van der Waals surface area contributed by atoms with Crippen molar-refractivity contribution in [3.05, 3.63) is 39.3 Å². The number of aromatic nitrogens is 1. The zero-order valence-corrected chi connectivity index (χ0v) is 13.8. The highest BCUT2D eigenvalue weighted by atomic mass is 79.9. The van der Waals surface area contributed by atoms with Crippen molar-refractivity contribution >= 4 is 38.1 Å². The van der Waals surface area contributed by atoms with Crippen LogP contribution in [0.2, 0.25) is 0 Å². The molecule has 1 aromatic heterocycles. The molecule has 1 atom stereocenters. The lowest BCUT2D eigenvalue weighted by molar-refractivity contribution is 0.0524. The molecule has 3 rings (SSSR count). The second kappa shape index (κ2) is 6.24. The first-order valence-electron chi connectivity index (χ1n) is 6.90. The number of nitrogens with one attached hydrogen (secondary N) is 1. The summed E-state index contributed by atoms with van der Waals surface area (Å²) in [5, 5.41) is 4.34. The summed E-state index contributed by atoms with van der Waals surface area (Å²) in [5.41, 5.74) is 2.27. The summed E-state index contributed by atoms with van der Waals surface area (Å²) < 4.78 is 6.91. The van der Waals surface area contributed by atoms with Gasteiger partial charge in [-0.1, -0.05) is 27.3 Å². The highest BCUT2D eigenvalue weighted by Gasteiger charge is 2.24. The molecule has 1 unspecified atom stereocenters. The average Bonchev–Trinajstić information content (AvgIpc) is 2.85. The molecule has 1 aliphatic carbocycles. The second-order valence-corrected chi connectivity index (χ2v) is 6.74. The standard InChI is InChI=1S/C15H17BrN2OS/c1-2-19-13-5-3-4-12-14(13)20-15(18-12)17-11-8-6-10(16)7-9-11/h6-9,13H,2-5H2,1H3,(H,17,18). The van der Waals surface area contributed by atoms with Crippen LogP contribution in [0.3, 0.4) is 0 Å². The van der Waals surface area contributed by atoms with Crippen LogP contribution in [0.5, 0.6) is 0 Å². The molecule has 3 nitrogen and oxygen atoms in total. The van der Waals surface area contributed by atoms with Crippen molar-refractivity contribution in [1.29, 1.82) is 0 Å². The first kappa shape index (κ1) is 14.0. The molecular weight excluding hydrogens is 336 g/mol. The molecule has 0 fully saturated rings. The molecule has 20 heavy (non-hydrogen) atoms. The van der Waals surface area contributed by atoms with E-state index in [0.29, 0.717) is 0 Å². The minimum absolute atomic E-state index is 0.238. The Morgan fingerprint density at radius 3 is 2.95 bits per heavy atom. The minimum Gasteiger partial charge on any atom is -0.373 e. The molecule has 0 saturated carbocycles. The smallest absolute Gasteiger partial charge is 0.187 e. The maximum Gasteiger partial charge on any atom is 0.187 e. The van der Waals surface area contributed by atoms with Crippen LogP contribution in [0.1, 0.15) is 36.4 Å². The Hall–Kier alpha value is -0.910. The SMILES string of the molecule is CCOC1CCCc2nc(Nc3ccc(Br)cc3)sc21. The van der Waals surface area contributed by atoms with Crippen LogP contribution in [0.4, 0.5) is 10.8 Å². The molecule has 0 aliphatic heterocycles. The normalized spacial score (nSPS) is 17.8. The number of nitrogens with zero attached hydrogens (tertiary/aromatic N) is 1. The number of rotatable bonds is 4. The van der Waals surface area contributed by atoms with Gasteiger partial charge in [0.15, 0.2) is 5.13 Å². The van der Waals surface area contributed by atoms with Crippen LogP contribution >= 0.6 is 27.3 Å². The zero-order valence-electron chi connectivity index (χ0n) is 11.4. The molecular formula is C15H17BrN2OS. The highest BCUT2D eigenvalue weighted by molar-refractivity contribution is 9.10. The molecule has 0 radical (unpaired) electrons. The fourth-order valence-corrected chi connectivity index (χ4v) is 3.83. The van der Waals surface area contributed by atoms with Crippen LogP contribution in [0, 0.1) is 0 Å². The highest BCUT2D eigenvalue weighted by Crippen LogP contribution is 2.39. The molecule has 5 heteroatoms. The Bertz CT molecular complexity index is 582. The third kappa shape index (κ3) is 3.05. The van der Waals surface area contributed by atoms with Crippen LogP contribution < -0.4 is 5.32 Å². The maximum atomic E-state index is 5.82. The monoisotopic (exact) mass is 352 g/mol. The quantitative estimate of drug-likeness (QED) is 0.834. The van der Waals surface area contributed by atoms with Crippen molar-refractivity contribution in [2.75, 3.05) is 11.9 Å². The van der Waals surface area contributed by atoms with Gasteiger partial charge in [-0.3, -0.25) is 0 Å². The van der Waals surface area contributed by atoms with Gasteiger partial charge in [0.05, 0.1) is 16.7 Å². The van der Waals surface area contributed by atoms with Crippen molar-refractivity contribution in [3.63, 3.8) is 0 Å². The van der Waals surface area contributed by atoms with Gasteiger partial charge >= 0.3 is 0 Å². The molecule has 0 spiro atoms. The van der Waals surface area contributed by atoms with Crippen molar-refractivity contribution in [3.8, 4) is 0 Å². The Labute approximate surface area is 131 Å². The predicted octanol–water partition coefficient (Wildman–Crippen LogP) is 5.06. The minimum atomic E-state index is 0.238. The number of hydrogen-bond donors (Lipinski definition) is 1. The van der Waals surface area contributed by atoms with Gasteiger partial charge in [-0.05, 0) is 50.5 Å². The molecule has 0 amide bonds. The molecule has 1 aromatic carbocycles. The molecule has 0 saturated heterocycles. The van der Waals surface area contributed by atoms with Gasteiger partial charge in [-0.25, -0.2) is 4.98 Å². The lowest BCUT2D eigenvalue weighted by Crippen LogP contribution is -2.10. The third-order valence-electron chi connectivity index (χ3n) is 3.36. The summed E-state index contributed by atoms with van der Waals surface area (Å²) in [7, 11) is 0. The van der Waals surface area contributed by atoms with E-state index in [2.05, 4.69) is 28.2 Å². The van der Waals surface area contributed by atoms with E-state index in [1.807, 2.05) is 24.3 Å². The predicted molar refractivity (Wildman–Crippen MR) is 86.8 cm³/mol. The molecule has 1 heterocycles. The van der Waals surface area contributed by atoms with Crippen molar-refractivity contribution in [2.45, 2.75) is 32.3 Å². The van der Waals surface area contributed by atoms with Crippen LogP contribution in [-0.2, 0) is 11.2 Å². The third-order valence-corrected chi connectivity index (χ3v) is 5.00. The molecule has 106 valence electrons. The van der Waals surface area contributed by atoms with Crippen molar-refractivity contribution in [1.82, 2.24) is 4.98 Å². The number of hydrogen-bond acceptors (Lipinski definition) is 4. The summed E-state index contributed by atoms with van der Waals surface area (Å²) in [6.07, 6.45) is 3.58. The Morgan fingerprint density at radius 2 is 2.20 bits per heavy atom. The van der Waals surface area contributed by atoms with Crippen LogP contribution in [-0.4, -0.2) is 11.6 Å². The molecule has 1 aliphatic rings. The van der Waals surface area contributed by atoms with Gasteiger partial charge in [0.1, 0.15) is 0 Å². The summed E-state index contributed by atoms with van der Waals surface area (Å²) in [5.74, 6) is 0. The van der Waals surface area contributed by atoms with Gasteiger partial charge < -0.3 is 10.1 Å². The van der Waals surface area contributed by atoms with Crippen molar-refractivity contribution < 1.29 is 4.74 Å². The number of benzene rings is 1. The molecule has 0 bridgehead atoms. The number of thiazole rings is 1. The van der Waals surface area contributed by atoms with E-state index in [-0.39, 0.29) is 6.10 Å². The van der Waals surface area contributed by atoms with E-state index in [4.69, 9.17) is 9.72 Å². The van der Waals surface area contributed by atoms with Gasteiger partial charge in [0, 0.05) is 16.8 Å². The van der Waals surface area contributed by atoms with Crippen LogP contribution in [0.25, 0.3) is 0 Å². The number of aryl methyl sites for hydroxylation is 1. The largest absolute Gasteiger partial charge is 0.373 e. The topological polar surface area (TPSA) is 34.1 Å². The Morgan fingerprint density at radius 1 is 1.40 bits per heavy atom. The molecule has 2 aromatic rings. The van der Waals surface area contributed by atoms with E-state index in [1.54, 1.807) is 11.3 Å². The Balaban J connectivity index is 1.80. The molecule has 1 N–H and O–H groups in total. The van der Waals surface area contributed by atoms with Gasteiger partial charge in [0.25, 0.3) is 0 Å². The second-order valence-electron chi connectivity index (χ2n) is 4.80. The number of halogens is 1. The summed E-state index contributed by atoms with van der Waals surface area (Å²) in [6, 6.07) is 8.15. The summed E-state index contributed by atoms with van der Waals surface area (Å²) in [4.78, 5) is 6.02. The maximum absolute atomic E-state index is 5.82. The van der Waals surface area contributed by atoms with E-state index >= 15 is 0 Å². The van der Waals surface area contributed by atoms with Gasteiger partial charge in [-0.15, -0.1) is 0 Å². The zero-order chi connectivity index (χ0) is 13.9. The number of ether oxygens (including phenoxy) is 1. The van der Waals surface area contributed by atoms with E-state index in [1.165, 1.54) is 17.0 Å². The lowest BCUT2D eigenvalue weighted by atomic mass is 10.0. The summed E-state index contributed by atoms with van der Waals surface area (Å²) >= 11 is 5.17. The first-order chi connectivity index (χ1) is 9.76. The van der Waals surface area contributed by atoms with Crippen LogP contribution in [0.15, 0.2) is 28.7 Å². The van der Waals surface area contributed by atoms with E-state index < -0.39 is 0 Å². The van der Waals surface area contributed by atoms with Gasteiger partial charge in [-0.2, -0.15) is 0 Å². The number of fused-ring (bicyclic) bond motifs is 1. The summed E-state index contributed by atoms with van der Waals surface area (Å²) in [6.45, 7) is 2.81. The first-order valence-corrected chi connectivity index (χ1v) is 8.51. The average molecular weight is 353 g/mol. The number of anilines is 2. The lowest BCUT2D eigenvalue weighted by Gasteiger charge is -2.20.